The molecule has 62 heavy (non-hydrogen) atoms. The van der Waals surface area contributed by atoms with E-state index >= 15 is 0 Å². The molecule has 0 bridgehead atoms. The largest absolute Gasteiger partial charge is 0.463 e. The number of carbonyl (C=O) groups excluding carboxylic acids is 3. The van der Waals surface area contributed by atoms with Crippen molar-refractivity contribution in [1.82, 2.24) is 10.6 Å². The van der Waals surface area contributed by atoms with Crippen LogP contribution in [0.1, 0.15) is 273 Å². The van der Waals surface area contributed by atoms with Crippen LogP contribution in [0.5, 0.6) is 0 Å². The van der Waals surface area contributed by atoms with E-state index in [4.69, 9.17) is 18.9 Å². The Kier molecular flexibility index (Phi) is 41.7. The van der Waals surface area contributed by atoms with Crippen LogP contribution in [-0.2, 0) is 28.5 Å². The molecule has 1 unspecified atom stereocenters. The number of unbranched alkanes of at least 4 members (excludes halogenated alkanes) is 29. The Hall–Kier alpha value is -1.87. The van der Waals surface area contributed by atoms with Gasteiger partial charge >= 0.3 is 12.1 Å². The molecule has 0 heterocycles. The van der Waals surface area contributed by atoms with Crippen LogP contribution >= 0.6 is 0 Å². The fourth-order valence-corrected chi connectivity index (χ4v) is 7.85. The van der Waals surface area contributed by atoms with Crippen LogP contribution < -0.4 is 10.6 Å². The Labute approximate surface area is 384 Å². The lowest BCUT2D eigenvalue weighted by molar-refractivity contribution is -0.145. The first-order valence-electron chi connectivity index (χ1n) is 26.5. The maximum atomic E-state index is 12.9. The highest BCUT2D eigenvalue weighted by atomic mass is 16.6. The van der Waals surface area contributed by atoms with Crippen molar-refractivity contribution in [3.05, 3.63) is 0 Å². The SMILES string of the molecule is CCCCCCCCCCCCCCCCCCC(=O)NC(COC(=O)CCCCCCCCCCCCCCCCC)COC(=O)NCCCC(C)(C)OCCC(C)(C)OC. The van der Waals surface area contributed by atoms with Gasteiger partial charge in [0.05, 0.1) is 23.9 Å². The van der Waals surface area contributed by atoms with E-state index < -0.39 is 12.1 Å². The molecule has 0 aromatic carbocycles. The van der Waals surface area contributed by atoms with Gasteiger partial charge in [0.1, 0.15) is 13.2 Å². The number of esters is 1. The molecule has 0 aliphatic rings. The van der Waals surface area contributed by atoms with Gasteiger partial charge in [0.15, 0.2) is 0 Å². The summed E-state index contributed by atoms with van der Waals surface area (Å²) in [6, 6.07) is -0.594. The second kappa shape index (κ2) is 43.0. The number of alkyl carbamates (subject to hydrolysis) is 1. The van der Waals surface area contributed by atoms with E-state index in [0.29, 0.717) is 26.0 Å². The predicted octanol–water partition coefficient (Wildman–Crippen LogP) is 15.0. The molecule has 2 amide bonds. The molecule has 9 heteroatoms. The normalized spacial score (nSPS) is 12.4. The van der Waals surface area contributed by atoms with Crippen molar-refractivity contribution in [1.29, 1.82) is 0 Å². The Morgan fingerprint density at radius 3 is 1.27 bits per heavy atom. The van der Waals surface area contributed by atoms with Gasteiger partial charge in [-0.2, -0.15) is 0 Å². The van der Waals surface area contributed by atoms with E-state index in [1.165, 1.54) is 161 Å². The number of rotatable bonds is 47. The molecule has 0 aliphatic carbocycles. The van der Waals surface area contributed by atoms with Crippen LogP contribution in [0.25, 0.3) is 0 Å². The van der Waals surface area contributed by atoms with E-state index in [1.54, 1.807) is 7.11 Å². The van der Waals surface area contributed by atoms with E-state index in [2.05, 4.69) is 38.3 Å². The third kappa shape index (κ3) is 43.4. The summed E-state index contributed by atoms with van der Waals surface area (Å²) in [5.41, 5.74) is -0.554. The van der Waals surface area contributed by atoms with Gasteiger partial charge in [-0.1, -0.05) is 200 Å². The summed E-state index contributed by atoms with van der Waals surface area (Å²) in [7, 11) is 1.71. The number of hydrogen-bond donors (Lipinski definition) is 2. The van der Waals surface area contributed by atoms with E-state index in [1.807, 2.05) is 13.8 Å². The molecule has 0 aromatic heterocycles. The number of nitrogens with one attached hydrogen (secondary N) is 2. The zero-order valence-electron chi connectivity index (χ0n) is 42.2. The summed E-state index contributed by atoms with van der Waals surface area (Å²) in [6.07, 6.45) is 42.2. The average molecular weight is 881 g/mol. The predicted molar refractivity (Wildman–Crippen MR) is 261 cm³/mol. The Morgan fingerprint density at radius 2 is 0.855 bits per heavy atom. The smallest absolute Gasteiger partial charge is 0.407 e. The van der Waals surface area contributed by atoms with Crippen molar-refractivity contribution >= 4 is 18.0 Å². The fraction of sp³-hybridized carbons (Fsp3) is 0.943. The van der Waals surface area contributed by atoms with Crippen molar-refractivity contribution in [2.45, 2.75) is 290 Å². The van der Waals surface area contributed by atoms with Crippen LogP contribution in [0.15, 0.2) is 0 Å². The number of carbonyl (C=O) groups is 3. The number of ether oxygens (including phenoxy) is 4. The molecule has 368 valence electrons. The molecular weight excluding hydrogens is 777 g/mol. The lowest BCUT2D eigenvalue weighted by Gasteiger charge is -2.29. The fourth-order valence-electron chi connectivity index (χ4n) is 7.85. The summed E-state index contributed by atoms with van der Waals surface area (Å²) >= 11 is 0. The summed E-state index contributed by atoms with van der Waals surface area (Å²) < 4.78 is 22.7. The maximum absolute atomic E-state index is 12.9. The molecule has 0 saturated heterocycles. The highest BCUT2D eigenvalue weighted by Gasteiger charge is 2.22. The minimum absolute atomic E-state index is 0.0129. The standard InChI is InChI=1S/C53H104N2O7/c1-8-10-12-14-16-18-20-22-24-26-27-29-31-33-35-37-40-49(56)55-48(47-61-51(58)54-44-39-42-53(5,6)62-45-43-52(3,4)59-7)46-60-50(57)41-38-36-34-32-30-28-25-23-21-19-17-15-13-11-9-2/h48H,8-47H2,1-7H3,(H,54,58)(H,55,56). The minimum atomic E-state index is -0.594. The van der Waals surface area contributed by atoms with E-state index in [9.17, 15) is 14.4 Å². The monoisotopic (exact) mass is 881 g/mol. The van der Waals surface area contributed by atoms with Gasteiger partial charge in [-0.15, -0.1) is 0 Å². The van der Waals surface area contributed by atoms with Crippen molar-refractivity contribution in [2.75, 3.05) is 33.5 Å². The van der Waals surface area contributed by atoms with Gasteiger partial charge < -0.3 is 29.6 Å². The highest BCUT2D eigenvalue weighted by molar-refractivity contribution is 5.76. The Morgan fingerprint density at radius 1 is 0.468 bits per heavy atom. The molecule has 1 atom stereocenters. The Balaban J connectivity index is 4.47. The van der Waals surface area contributed by atoms with Gasteiger partial charge in [-0.05, 0) is 59.8 Å². The lowest BCUT2D eigenvalue weighted by Crippen LogP contribution is -2.43. The highest BCUT2D eigenvalue weighted by Crippen LogP contribution is 2.20. The first kappa shape index (κ1) is 60.1. The van der Waals surface area contributed by atoms with Gasteiger partial charge in [-0.25, -0.2) is 4.79 Å². The van der Waals surface area contributed by atoms with Gasteiger partial charge in [0.25, 0.3) is 0 Å². The van der Waals surface area contributed by atoms with Crippen molar-refractivity contribution in [3.63, 3.8) is 0 Å². The molecule has 2 N–H and O–H groups in total. The van der Waals surface area contributed by atoms with E-state index in [0.717, 1.165) is 57.8 Å². The number of hydrogen-bond acceptors (Lipinski definition) is 7. The van der Waals surface area contributed by atoms with Crippen molar-refractivity contribution < 1.29 is 33.3 Å². The molecule has 0 radical (unpaired) electrons. The molecule has 0 fully saturated rings. The summed E-state index contributed by atoms with van der Waals surface area (Å²) in [6.45, 7) is 13.7. The van der Waals surface area contributed by atoms with Crippen LogP contribution in [0.4, 0.5) is 4.79 Å². The lowest BCUT2D eigenvalue weighted by atomic mass is 10.0. The molecule has 0 spiro atoms. The third-order valence-corrected chi connectivity index (χ3v) is 12.4. The molecule has 0 aliphatic heterocycles. The molecule has 9 nitrogen and oxygen atoms in total. The average Bonchev–Trinajstić information content (AvgIpc) is 3.24. The second-order valence-corrected chi connectivity index (χ2v) is 19.7. The van der Waals surface area contributed by atoms with Crippen LogP contribution in [0.2, 0.25) is 0 Å². The summed E-state index contributed by atoms with van der Waals surface area (Å²) in [5.74, 6) is -0.365. The first-order chi connectivity index (χ1) is 29.9. The van der Waals surface area contributed by atoms with Gasteiger partial charge in [-0.3, -0.25) is 9.59 Å². The zero-order chi connectivity index (χ0) is 45.8. The first-order valence-corrected chi connectivity index (χ1v) is 26.5. The Bertz CT molecular complexity index is 1020. The second-order valence-electron chi connectivity index (χ2n) is 19.7. The quantitative estimate of drug-likeness (QED) is 0.0462. The van der Waals surface area contributed by atoms with Gasteiger partial charge in [0.2, 0.25) is 5.91 Å². The molecule has 0 aromatic rings. The van der Waals surface area contributed by atoms with Crippen molar-refractivity contribution in [2.24, 2.45) is 0 Å². The third-order valence-electron chi connectivity index (χ3n) is 12.4. The van der Waals surface area contributed by atoms with Crippen LogP contribution in [0, 0.1) is 0 Å². The molecule has 0 saturated carbocycles. The molecule has 0 rings (SSSR count). The summed E-state index contributed by atoms with van der Waals surface area (Å²) in [4.78, 5) is 38.2. The van der Waals surface area contributed by atoms with Crippen molar-refractivity contribution in [3.8, 4) is 0 Å². The zero-order valence-corrected chi connectivity index (χ0v) is 42.2. The minimum Gasteiger partial charge on any atom is -0.463 e. The van der Waals surface area contributed by atoms with Gasteiger partial charge in [0, 0.05) is 26.5 Å². The molecular formula is C53H104N2O7. The van der Waals surface area contributed by atoms with Crippen LogP contribution in [-0.4, -0.2) is 68.7 Å². The topological polar surface area (TPSA) is 112 Å². The number of methoxy groups -OCH3 is 1. The maximum Gasteiger partial charge on any atom is 0.407 e. The number of amides is 2. The summed E-state index contributed by atoms with van der Waals surface area (Å²) in [5, 5.41) is 5.79. The van der Waals surface area contributed by atoms with Crippen LogP contribution in [0.3, 0.4) is 0 Å². The van der Waals surface area contributed by atoms with E-state index in [-0.39, 0.29) is 36.3 Å².